The smallest absolute Gasteiger partial charge is 0.371 e. The largest absolute Gasteiger partial charge is 0.529 e. The Hall–Kier alpha value is -1.98. The first-order chi connectivity index (χ1) is 12.7. The normalized spacial score (nSPS) is 12.4. The maximum atomic E-state index is 5.92. The van der Waals surface area contributed by atoms with Gasteiger partial charge in [0.2, 0.25) is 0 Å². The van der Waals surface area contributed by atoms with E-state index in [1.807, 2.05) is 26.5 Å². The summed E-state index contributed by atoms with van der Waals surface area (Å²) in [7, 11) is -2.80. The molecular formula is C22H26O3Si. The molecule has 0 aliphatic carbocycles. The minimum absolute atomic E-state index is 0.566. The summed E-state index contributed by atoms with van der Waals surface area (Å²) in [4.78, 5) is 0. The van der Waals surface area contributed by atoms with E-state index in [9.17, 15) is 0 Å². The lowest BCUT2D eigenvalue weighted by molar-refractivity contribution is 0.0845. The Morgan fingerprint density at radius 3 is 1.92 bits per heavy atom. The molecule has 0 heterocycles. The van der Waals surface area contributed by atoms with E-state index < -0.39 is 8.80 Å². The monoisotopic (exact) mass is 366 g/mol. The van der Waals surface area contributed by atoms with Gasteiger partial charge in [-0.1, -0.05) is 48.5 Å². The zero-order chi connectivity index (χ0) is 18.4. The maximum absolute atomic E-state index is 5.92. The van der Waals surface area contributed by atoms with Crippen molar-refractivity contribution < 1.29 is 13.3 Å². The van der Waals surface area contributed by atoms with Crippen molar-refractivity contribution in [2.75, 3.05) is 19.8 Å². The quantitative estimate of drug-likeness (QED) is 0.384. The fourth-order valence-corrected chi connectivity index (χ4v) is 5.33. The first-order valence-electron chi connectivity index (χ1n) is 9.24. The van der Waals surface area contributed by atoms with E-state index in [1.165, 1.54) is 21.5 Å². The van der Waals surface area contributed by atoms with Crippen LogP contribution < -0.4 is 0 Å². The number of hydrogen-bond acceptors (Lipinski definition) is 3. The van der Waals surface area contributed by atoms with Crippen LogP contribution in [0.5, 0.6) is 0 Å². The third kappa shape index (κ3) is 4.05. The SMILES string of the molecule is CCO[Si](C=Cc1cccc2cc3ccccc3cc12)(OCC)OCC. The molecule has 4 heteroatoms. The van der Waals surface area contributed by atoms with Crippen LogP contribution in [0.25, 0.3) is 27.6 Å². The lowest BCUT2D eigenvalue weighted by atomic mass is 10.00. The fraction of sp³-hybridized carbons (Fsp3) is 0.273. The first-order valence-corrected chi connectivity index (χ1v) is 11.0. The van der Waals surface area contributed by atoms with Gasteiger partial charge in [-0.05, 0) is 65.7 Å². The molecule has 0 aliphatic heterocycles. The van der Waals surface area contributed by atoms with Crippen LogP contribution >= 0.6 is 0 Å². The molecule has 0 N–H and O–H groups in total. The molecule has 0 spiro atoms. The van der Waals surface area contributed by atoms with E-state index in [0.29, 0.717) is 19.8 Å². The molecule has 0 aliphatic rings. The highest BCUT2D eigenvalue weighted by Crippen LogP contribution is 2.27. The Kier molecular flexibility index (Phi) is 6.22. The van der Waals surface area contributed by atoms with Crippen molar-refractivity contribution in [1.82, 2.24) is 0 Å². The lowest BCUT2D eigenvalue weighted by Crippen LogP contribution is -2.44. The second-order valence-corrected chi connectivity index (χ2v) is 8.41. The molecule has 0 bridgehead atoms. The average Bonchev–Trinajstić information content (AvgIpc) is 2.65. The second kappa shape index (κ2) is 8.60. The van der Waals surface area contributed by atoms with Crippen molar-refractivity contribution in [2.24, 2.45) is 0 Å². The van der Waals surface area contributed by atoms with Crippen LogP contribution in [0.4, 0.5) is 0 Å². The number of rotatable bonds is 8. The molecule has 3 aromatic carbocycles. The van der Waals surface area contributed by atoms with Crippen molar-refractivity contribution in [3.8, 4) is 0 Å². The Labute approximate surface area is 156 Å². The van der Waals surface area contributed by atoms with Gasteiger partial charge in [-0.15, -0.1) is 0 Å². The summed E-state index contributed by atoms with van der Waals surface area (Å²) >= 11 is 0. The van der Waals surface area contributed by atoms with Gasteiger partial charge < -0.3 is 13.3 Å². The van der Waals surface area contributed by atoms with Crippen molar-refractivity contribution in [2.45, 2.75) is 20.8 Å². The highest BCUT2D eigenvalue weighted by molar-refractivity contribution is 6.67. The summed E-state index contributed by atoms with van der Waals surface area (Å²) in [5.41, 5.74) is 3.15. The molecule has 0 fully saturated rings. The summed E-state index contributed by atoms with van der Waals surface area (Å²) < 4.78 is 17.8. The van der Waals surface area contributed by atoms with E-state index in [1.54, 1.807) is 0 Å². The third-order valence-electron chi connectivity index (χ3n) is 4.28. The highest BCUT2D eigenvalue weighted by Gasteiger charge is 2.37. The molecule has 136 valence electrons. The van der Waals surface area contributed by atoms with E-state index in [-0.39, 0.29) is 0 Å². The predicted octanol–water partition coefficient (Wildman–Crippen LogP) is 5.59. The van der Waals surface area contributed by atoms with E-state index in [2.05, 4.69) is 60.7 Å². The maximum Gasteiger partial charge on any atom is 0.529 e. The fourth-order valence-electron chi connectivity index (χ4n) is 3.20. The summed E-state index contributed by atoms with van der Waals surface area (Å²) in [6.07, 6.45) is 2.09. The van der Waals surface area contributed by atoms with Gasteiger partial charge in [0, 0.05) is 19.8 Å². The van der Waals surface area contributed by atoms with Crippen LogP contribution in [0.15, 0.2) is 60.3 Å². The van der Waals surface area contributed by atoms with E-state index in [0.717, 1.165) is 5.56 Å². The number of fused-ring (bicyclic) bond motifs is 2. The van der Waals surface area contributed by atoms with E-state index in [4.69, 9.17) is 13.3 Å². The lowest BCUT2D eigenvalue weighted by Gasteiger charge is -2.25. The van der Waals surface area contributed by atoms with Gasteiger partial charge in [0.15, 0.2) is 0 Å². The Bertz CT molecular complexity index is 887. The average molecular weight is 367 g/mol. The zero-order valence-electron chi connectivity index (χ0n) is 15.7. The molecular weight excluding hydrogens is 340 g/mol. The summed E-state index contributed by atoms with van der Waals surface area (Å²) in [5.74, 6) is 0. The van der Waals surface area contributed by atoms with Gasteiger partial charge >= 0.3 is 8.80 Å². The Balaban J connectivity index is 2.05. The summed E-state index contributed by atoms with van der Waals surface area (Å²) in [5, 5.41) is 4.93. The van der Waals surface area contributed by atoms with Crippen LogP contribution in [-0.4, -0.2) is 28.6 Å². The van der Waals surface area contributed by atoms with Crippen LogP contribution in [0.2, 0.25) is 0 Å². The van der Waals surface area contributed by atoms with Crippen LogP contribution in [-0.2, 0) is 13.3 Å². The van der Waals surface area contributed by atoms with Gasteiger partial charge in [-0.25, -0.2) is 0 Å². The molecule has 0 saturated carbocycles. The Morgan fingerprint density at radius 2 is 1.31 bits per heavy atom. The van der Waals surface area contributed by atoms with Crippen molar-refractivity contribution >= 4 is 36.4 Å². The second-order valence-electron chi connectivity index (χ2n) is 6.00. The minimum atomic E-state index is -2.80. The molecule has 0 atom stereocenters. The molecule has 3 rings (SSSR count). The highest BCUT2D eigenvalue weighted by atomic mass is 28.4. The van der Waals surface area contributed by atoms with Gasteiger partial charge in [0.25, 0.3) is 0 Å². The number of benzene rings is 3. The van der Waals surface area contributed by atoms with Gasteiger partial charge in [-0.2, -0.15) is 0 Å². The van der Waals surface area contributed by atoms with Crippen molar-refractivity contribution in [3.63, 3.8) is 0 Å². The van der Waals surface area contributed by atoms with Crippen molar-refractivity contribution in [1.29, 1.82) is 0 Å². The standard InChI is InChI=1S/C22H26O3Si/c1-4-23-26(24-5-2,25-6-3)15-14-18-12-9-13-21-16-19-10-7-8-11-20(19)17-22(18)21/h7-17H,4-6H2,1-3H3. The molecule has 26 heavy (non-hydrogen) atoms. The number of hydrogen-bond donors (Lipinski definition) is 0. The van der Waals surface area contributed by atoms with Crippen LogP contribution in [0, 0.1) is 0 Å². The molecule has 0 unspecified atom stereocenters. The molecule has 0 amide bonds. The third-order valence-corrected chi connectivity index (χ3v) is 6.93. The van der Waals surface area contributed by atoms with Gasteiger partial charge in [0.1, 0.15) is 0 Å². The predicted molar refractivity (Wildman–Crippen MR) is 111 cm³/mol. The van der Waals surface area contributed by atoms with Crippen LogP contribution in [0.3, 0.4) is 0 Å². The Morgan fingerprint density at radius 1 is 0.731 bits per heavy atom. The summed E-state index contributed by atoms with van der Waals surface area (Å²) in [6, 6.07) is 19.3. The van der Waals surface area contributed by atoms with Crippen molar-refractivity contribution in [3.05, 3.63) is 65.9 Å². The molecule has 0 aromatic heterocycles. The topological polar surface area (TPSA) is 27.7 Å². The minimum Gasteiger partial charge on any atom is -0.371 e. The van der Waals surface area contributed by atoms with Crippen LogP contribution in [0.1, 0.15) is 26.3 Å². The molecule has 0 radical (unpaired) electrons. The molecule has 3 nitrogen and oxygen atoms in total. The first kappa shape index (κ1) is 18.8. The van der Waals surface area contributed by atoms with Gasteiger partial charge in [0.05, 0.1) is 0 Å². The molecule has 0 saturated heterocycles. The molecule has 3 aromatic rings. The van der Waals surface area contributed by atoms with Gasteiger partial charge in [-0.3, -0.25) is 0 Å². The van der Waals surface area contributed by atoms with E-state index >= 15 is 0 Å². The summed E-state index contributed by atoms with van der Waals surface area (Å²) in [6.45, 7) is 7.61. The zero-order valence-corrected chi connectivity index (χ0v) is 16.7.